The fourth-order valence-electron chi connectivity index (χ4n) is 1.55. The number of rotatable bonds is 6. The van der Waals surface area contributed by atoms with E-state index in [4.69, 9.17) is 27.8 Å². The zero-order valence-electron chi connectivity index (χ0n) is 11.6. The Labute approximate surface area is 123 Å². The van der Waals surface area contributed by atoms with Crippen LogP contribution in [0.2, 0.25) is 5.02 Å². The van der Waals surface area contributed by atoms with Gasteiger partial charge in [-0.05, 0) is 31.5 Å². The Bertz CT molecular complexity index is 505. The van der Waals surface area contributed by atoms with Crippen LogP contribution in [0.25, 0.3) is 0 Å². The summed E-state index contributed by atoms with van der Waals surface area (Å²) in [7, 11) is 0. The summed E-state index contributed by atoms with van der Waals surface area (Å²) in [5.74, 6) is -0.895. The van der Waals surface area contributed by atoms with Crippen molar-refractivity contribution in [3.8, 4) is 0 Å². The lowest BCUT2D eigenvalue weighted by atomic mass is 10.0. The maximum atomic E-state index is 12.0. The number of carbonyl (C=O) groups is 2. The van der Waals surface area contributed by atoms with Gasteiger partial charge in [-0.25, -0.2) is 0 Å². The molecule has 0 bridgehead atoms. The van der Waals surface area contributed by atoms with E-state index in [0.29, 0.717) is 17.0 Å². The van der Waals surface area contributed by atoms with Gasteiger partial charge in [0, 0.05) is 22.7 Å². The second kappa shape index (κ2) is 7.26. The summed E-state index contributed by atoms with van der Waals surface area (Å²) in [5.41, 5.74) is 12.0. The van der Waals surface area contributed by atoms with Crippen LogP contribution in [-0.2, 0) is 9.53 Å². The van der Waals surface area contributed by atoms with Gasteiger partial charge in [-0.3, -0.25) is 9.59 Å². The number of carbonyl (C=O) groups excluding carboxylic acids is 2. The molecule has 4 N–H and O–H groups in total. The first-order valence-electron chi connectivity index (χ1n) is 6.39. The zero-order chi connectivity index (χ0) is 15.3. The second-order valence-electron chi connectivity index (χ2n) is 4.62. The number of nitrogens with two attached hydrogens (primary N) is 2. The molecule has 0 aliphatic rings. The van der Waals surface area contributed by atoms with Crippen molar-refractivity contribution < 1.29 is 14.3 Å². The number of nitrogen functional groups attached to an aromatic ring is 1. The highest BCUT2D eigenvalue weighted by molar-refractivity contribution is 6.31. The summed E-state index contributed by atoms with van der Waals surface area (Å²) in [6.45, 7) is 3.66. The second-order valence-corrected chi connectivity index (χ2v) is 5.06. The highest BCUT2D eigenvalue weighted by Crippen LogP contribution is 2.19. The minimum Gasteiger partial charge on any atom is -0.462 e. The molecule has 0 heterocycles. The molecule has 0 spiro atoms. The average molecular weight is 299 g/mol. The molecule has 20 heavy (non-hydrogen) atoms. The van der Waals surface area contributed by atoms with E-state index >= 15 is 0 Å². The topological polar surface area (TPSA) is 95.4 Å². The van der Waals surface area contributed by atoms with E-state index < -0.39 is 12.0 Å². The van der Waals surface area contributed by atoms with Gasteiger partial charge >= 0.3 is 5.97 Å². The van der Waals surface area contributed by atoms with Crippen molar-refractivity contribution in [2.75, 3.05) is 5.73 Å². The molecule has 0 amide bonds. The number of Topliss-reactive ketones (excluding diaryl/α,β-unsaturated/α-hetero) is 1. The van der Waals surface area contributed by atoms with Gasteiger partial charge in [0.25, 0.3) is 0 Å². The van der Waals surface area contributed by atoms with Crippen LogP contribution in [0.3, 0.4) is 0 Å². The molecule has 5 nitrogen and oxygen atoms in total. The molecule has 0 aromatic heterocycles. The van der Waals surface area contributed by atoms with Gasteiger partial charge in [0.2, 0.25) is 0 Å². The van der Waals surface area contributed by atoms with Crippen molar-refractivity contribution >= 4 is 29.0 Å². The molecular formula is C14H19ClN2O3. The molecule has 1 aromatic rings. The maximum Gasteiger partial charge on any atom is 0.323 e. The van der Waals surface area contributed by atoms with Gasteiger partial charge in [-0.2, -0.15) is 0 Å². The Morgan fingerprint density at radius 2 is 2.05 bits per heavy atom. The Morgan fingerprint density at radius 3 is 2.60 bits per heavy atom. The largest absolute Gasteiger partial charge is 0.462 e. The van der Waals surface area contributed by atoms with Crippen LogP contribution in [0.5, 0.6) is 0 Å². The molecule has 2 atom stereocenters. The summed E-state index contributed by atoms with van der Waals surface area (Å²) in [6.07, 6.45) is 0.321. The number of halogens is 1. The fraction of sp³-hybridized carbons (Fsp3) is 0.429. The molecule has 110 valence electrons. The average Bonchev–Trinajstić information content (AvgIpc) is 2.37. The van der Waals surface area contributed by atoms with E-state index in [-0.39, 0.29) is 24.0 Å². The SMILES string of the molecule is CCC(C)OC(=O)C(N)CC(=O)c1ccc(Cl)cc1N. The summed E-state index contributed by atoms with van der Waals surface area (Å²) in [4.78, 5) is 23.7. The van der Waals surface area contributed by atoms with Crippen molar-refractivity contribution in [3.05, 3.63) is 28.8 Å². The van der Waals surface area contributed by atoms with Gasteiger partial charge in [0.15, 0.2) is 5.78 Å². The van der Waals surface area contributed by atoms with Gasteiger partial charge in [-0.1, -0.05) is 18.5 Å². The molecule has 0 radical (unpaired) electrons. The molecule has 0 aliphatic carbocycles. The molecule has 0 saturated carbocycles. The monoisotopic (exact) mass is 298 g/mol. The molecule has 0 aliphatic heterocycles. The number of esters is 1. The van der Waals surface area contributed by atoms with Crippen LogP contribution in [0.1, 0.15) is 37.0 Å². The van der Waals surface area contributed by atoms with Crippen molar-refractivity contribution in [2.45, 2.75) is 38.8 Å². The number of anilines is 1. The number of benzene rings is 1. The lowest BCUT2D eigenvalue weighted by Gasteiger charge is -2.15. The first-order chi connectivity index (χ1) is 9.35. The Hall–Kier alpha value is -1.59. The Balaban J connectivity index is 2.68. The highest BCUT2D eigenvalue weighted by atomic mass is 35.5. The number of hydrogen-bond donors (Lipinski definition) is 2. The smallest absolute Gasteiger partial charge is 0.323 e. The number of ether oxygens (including phenoxy) is 1. The Kier molecular flexibility index (Phi) is 5.98. The van der Waals surface area contributed by atoms with Crippen LogP contribution in [0, 0.1) is 0 Å². The van der Waals surface area contributed by atoms with Gasteiger partial charge in [0.05, 0.1) is 6.10 Å². The first-order valence-corrected chi connectivity index (χ1v) is 6.77. The fourth-order valence-corrected chi connectivity index (χ4v) is 1.73. The van der Waals surface area contributed by atoms with E-state index in [1.807, 2.05) is 6.92 Å². The van der Waals surface area contributed by atoms with E-state index in [2.05, 4.69) is 0 Å². The van der Waals surface area contributed by atoms with Crippen molar-refractivity contribution in [3.63, 3.8) is 0 Å². The predicted molar refractivity (Wildman–Crippen MR) is 78.6 cm³/mol. The summed E-state index contributed by atoms with van der Waals surface area (Å²) in [5, 5.41) is 0.444. The summed E-state index contributed by atoms with van der Waals surface area (Å²) in [6, 6.07) is 3.57. The first kappa shape index (κ1) is 16.5. The Morgan fingerprint density at radius 1 is 1.40 bits per heavy atom. The van der Waals surface area contributed by atoms with Gasteiger partial charge < -0.3 is 16.2 Å². The zero-order valence-corrected chi connectivity index (χ0v) is 12.3. The predicted octanol–water partition coefficient (Wildman–Crippen LogP) is 2.16. The van der Waals surface area contributed by atoms with Crippen molar-refractivity contribution in [1.82, 2.24) is 0 Å². The minimum atomic E-state index is -0.994. The van der Waals surface area contributed by atoms with Crippen LogP contribution in [0.4, 0.5) is 5.69 Å². The third kappa shape index (κ3) is 4.51. The lowest BCUT2D eigenvalue weighted by molar-refractivity contribution is -0.149. The van der Waals surface area contributed by atoms with Crippen molar-refractivity contribution in [2.24, 2.45) is 5.73 Å². The molecule has 0 saturated heterocycles. The van der Waals surface area contributed by atoms with E-state index in [9.17, 15) is 9.59 Å². The molecule has 2 unspecified atom stereocenters. The molecule has 1 rings (SSSR count). The third-order valence-electron chi connectivity index (χ3n) is 2.91. The van der Waals surface area contributed by atoms with Gasteiger partial charge in [0.1, 0.15) is 6.04 Å². The molecule has 6 heteroatoms. The third-order valence-corrected chi connectivity index (χ3v) is 3.15. The number of hydrogen-bond acceptors (Lipinski definition) is 5. The summed E-state index contributed by atoms with van der Waals surface area (Å²) < 4.78 is 5.08. The van der Waals surface area contributed by atoms with Crippen molar-refractivity contribution in [1.29, 1.82) is 0 Å². The van der Waals surface area contributed by atoms with E-state index in [1.165, 1.54) is 12.1 Å². The standard InChI is InChI=1S/C14H19ClN2O3/c1-3-8(2)20-14(19)12(17)7-13(18)10-5-4-9(15)6-11(10)16/h4-6,8,12H,3,7,16-17H2,1-2H3. The number of ketones is 1. The van der Waals surface area contributed by atoms with Gasteiger partial charge in [-0.15, -0.1) is 0 Å². The van der Waals surface area contributed by atoms with Crippen LogP contribution in [0.15, 0.2) is 18.2 Å². The van der Waals surface area contributed by atoms with Crippen LogP contribution >= 0.6 is 11.6 Å². The quantitative estimate of drug-likeness (QED) is 0.477. The highest BCUT2D eigenvalue weighted by Gasteiger charge is 2.22. The van der Waals surface area contributed by atoms with Crippen LogP contribution < -0.4 is 11.5 Å². The van der Waals surface area contributed by atoms with E-state index in [0.717, 1.165) is 0 Å². The maximum absolute atomic E-state index is 12.0. The normalized spacial score (nSPS) is 13.6. The molecule has 0 fully saturated rings. The lowest BCUT2D eigenvalue weighted by Crippen LogP contribution is -2.36. The minimum absolute atomic E-state index is 0.152. The van der Waals surface area contributed by atoms with E-state index in [1.54, 1.807) is 13.0 Å². The molecular weight excluding hydrogens is 280 g/mol. The molecule has 1 aromatic carbocycles. The summed E-state index contributed by atoms with van der Waals surface area (Å²) >= 11 is 5.76. The van der Waals surface area contributed by atoms with Crippen LogP contribution in [-0.4, -0.2) is 23.9 Å².